The number of hydrogen-bond donors (Lipinski definition) is 0. The summed E-state index contributed by atoms with van der Waals surface area (Å²) in [6.07, 6.45) is 5.00. The molecule has 5 heterocycles. The zero-order valence-corrected chi connectivity index (χ0v) is 26.3. The maximum atomic E-state index is 13.3. The summed E-state index contributed by atoms with van der Waals surface area (Å²) in [5.41, 5.74) is 2.88. The summed E-state index contributed by atoms with van der Waals surface area (Å²) < 4.78 is 7.00. The summed E-state index contributed by atoms with van der Waals surface area (Å²) in [6.45, 7) is 10.8. The van der Waals surface area contributed by atoms with Gasteiger partial charge in [-0.3, -0.25) is 18.7 Å². The third kappa shape index (κ3) is 5.77. The van der Waals surface area contributed by atoms with E-state index in [9.17, 15) is 9.59 Å². The Morgan fingerprint density at radius 2 is 0.957 bits per heavy atom. The Hall–Kier alpha value is -4.94. The van der Waals surface area contributed by atoms with E-state index in [0.29, 0.717) is 46.8 Å². The molecule has 1 saturated heterocycles. The molecule has 0 radical (unpaired) electrons. The van der Waals surface area contributed by atoms with Crippen LogP contribution >= 0.6 is 0 Å². The summed E-state index contributed by atoms with van der Waals surface area (Å²) in [5, 5.41) is 9.97. The van der Waals surface area contributed by atoms with E-state index in [-0.39, 0.29) is 11.1 Å². The van der Waals surface area contributed by atoms with Crippen molar-refractivity contribution in [1.82, 2.24) is 48.5 Å². The number of aromatic nitrogens is 8. The Balaban J connectivity index is 0.901. The smallest absolute Gasteiger partial charge is 0.264 e. The molecule has 2 aromatic carbocycles. The Kier molecular flexibility index (Phi) is 8.29. The zero-order chi connectivity index (χ0) is 31.6. The van der Waals surface area contributed by atoms with Crippen molar-refractivity contribution in [2.45, 2.75) is 39.8 Å². The number of fused-ring (bicyclic) bond motifs is 2. The van der Waals surface area contributed by atoms with Crippen LogP contribution in [0.5, 0.6) is 0 Å². The van der Waals surface area contributed by atoms with Crippen molar-refractivity contribution in [3.63, 3.8) is 0 Å². The fraction of sp³-hybridized carbons (Fsp3) is 0.353. The van der Waals surface area contributed by atoms with Crippen LogP contribution < -0.4 is 11.1 Å². The quantitative estimate of drug-likeness (QED) is 0.230. The van der Waals surface area contributed by atoms with Crippen LogP contribution in [0.2, 0.25) is 0 Å². The number of piperazine rings is 1. The van der Waals surface area contributed by atoms with Gasteiger partial charge in [0, 0.05) is 39.3 Å². The molecule has 46 heavy (non-hydrogen) atoms. The summed E-state index contributed by atoms with van der Waals surface area (Å²) in [7, 11) is 0. The third-order valence-electron chi connectivity index (χ3n) is 8.93. The van der Waals surface area contributed by atoms with Crippen molar-refractivity contribution in [3.05, 3.63) is 105 Å². The van der Waals surface area contributed by atoms with Gasteiger partial charge in [0.15, 0.2) is 11.3 Å². The molecule has 12 nitrogen and oxygen atoms in total. The Morgan fingerprint density at radius 1 is 0.565 bits per heavy atom. The third-order valence-corrected chi connectivity index (χ3v) is 8.93. The first-order valence-corrected chi connectivity index (χ1v) is 15.9. The van der Waals surface area contributed by atoms with Crippen LogP contribution in [0.1, 0.15) is 24.5 Å². The molecular weight excluding hydrogens is 580 g/mol. The van der Waals surface area contributed by atoms with E-state index >= 15 is 0 Å². The van der Waals surface area contributed by atoms with Gasteiger partial charge in [-0.15, -0.1) is 0 Å². The van der Waals surface area contributed by atoms with E-state index in [4.69, 9.17) is 9.97 Å². The molecule has 7 rings (SSSR count). The fourth-order valence-corrected chi connectivity index (χ4v) is 6.40. The van der Waals surface area contributed by atoms with E-state index in [1.54, 1.807) is 30.9 Å². The second kappa shape index (κ2) is 12.8. The Bertz CT molecular complexity index is 1940. The van der Waals surface area contributed by atoms with E-state index in [2.05, 4.69) is 20.0 Å². The highest BCUT2D eigenvalue weighted by molar-refractivity contribution is 5.76. The maximum Gasteiger partial charge on any atom is 0.264 e. The number of nitrogens with zero attached hydrogens (tertiary/aromatic N) is 10. The van der Waals surface area contributed by atoms with Crippen molar-refractivity contribution in [2.75, 3.05) is 39.3 Å². The molecule has 0 saturated carbocycles. The predicted molar refractivity (Wildman–Crippen MR) is 178 cm³/mol. The number of hydrogen-bond acceptors (Lipinski definition) is 8. The standard InChI is InChI=1S/C34H38N10O2/c1-25-37-31-29(23-35-43(31)27-11-5-3-6-12-27)33(45)41(25)17-9-15-39-19-21-40(22-20-39)16-10-18-42-26(2)38-32-30(34(42)46)24-36-44(32)28-13-7-4-8-14-28/h3-8,11-14,23-24H,9-10,15-22H2,1-2H3. The fourth-order valence-electron chi connectivity index (χ4n) is 6.40. The van der Waals surface area contributed by atoms with Crippen molar-refractivity contribution in [2.24, 2.45) is 0 Å². The Labute approximate surface area is 266 Å². The van der Waals surface area contributed by atoms with Crippen molar-refractivity contribution >= 4 is 22.1 Å². The molecule has 0 bridgehead atoms. The lowest BCUT2D eigenvalue weighted by molar-refractivity contribution is 0.128. The van der Waals surface area contributed by atoms with Gasteiger partial charge in [-0.05, 0) is 64.0 Å². The number of benzene rings is 2. The molecular formula is C34H38N10O2. The normalized spacial score (nSPS) is 14.5. The predicted octanol–water partition coefficient (Wildman–Crippen LogP) is 3.19. The van der Waals surface area contributed by atoms with Crippen molar-refractivity contribution < 1.29 is 0 Å². The van der Waals surface area contributed by atoms with Crippen LogP contribution in [0.3, 0.4) is 0 Å². The monoisotopic (exact) mass is 618 g/mol. The lowest BCUT2D eigenvalue weighted by Crippen LogP contribution is -2.47. The molecule has 4 aromatic heterocycles. The number of aryl methyl sites for hydroxylation is 2. The minimum atomic E-state index is -0.0387. The number of para-hydroxylation sites is 2. The highest BCUT2D eigenvalue weighted by atomic mass is 16.1. The molecule has 0 aliphatic carbocycles. The van der Waals surface area contributed by atoms with Gasteiger partial charge in [0.25, 0.3) is 11.1 Å². The highest BCUT2D eigenvalue weighted by Crippen LogP contribution is 2.16. The molecule has 12 heteroatoms. The van der Waals surface area contributed by atoms with Gasteiger partial charge in [-0.1, -0.05) is 36.4 Å². The lowest BCUT2D eigenvalue weighted by Gasteiger charge is -2.34. The SMILES string of the molecule is Cc1nc2c(cnn2-c2ccccc2)c(=O)n1CCCN1CCN(CCCn2c(C)nc3c(cnn3-c3ccccc3)c2=O)CC1. The first kappa shape index (κ1) is 29.8. The minimum absolute atomic E-state index is 0.0387. The highest BCUT2D eigenvalue weighted by Gasteiger charge is 2.19. The zero-order valence-electron chi connectivity index (χ0n) is 26.3. The molecule has 236 valence electrons. The molecule has 0 amide bonds. The molecule has 0 N–H and O–H groups in total. The molecule has 1 aliphatic rings. The van der Waals surface area contributed by atoms with Crippen LogP contribution in [0.25, 0.3) is 33.4 Å². The maximum absolute atomic E-state index is 13.3. The van der Waals surface area contributed by atoms with Gasteiger partial charge < -0.3 is 9.80 Å². The van der Waals surface area contributed by atoms with Gasteiger partial charge in [0.1, 0.15) is 22.4 Å². The summed E-state index contributed by atoms with van der Waals surface area (Å²) in [4.78, 5) is 41.1. The lowest BCUT2D eigenvalue weighted by atomic mass is 10.2. The summed E-state index contributed by atoms with van der Waals surface area (Å²) in [5.74, 6) is 1.41. The van der Waals surface area contributed by atoms with Crippen LogP contribution in [-0.4, -0.2) is 87.7 Å². The van der Waals surface area contributed by atoms with Crippen LogP contribution in [0, 0.1) is 13.8 Å². The number of rotatable bonds is 10. The van der Waals surface area contributed by atoms with E-state index in [0.717, 1.165) is 63.5 Å². The molecule has 1 aliphatic heterocycles. The van der Waals surface area contributed by atoms with E-state index in [1.165, 1.54) is 0 Å². The van der Waals surface area contributed by atoms with Crippen molar-refractivity contribution in [3.8, 4) is 11.4 Å². The van der Waals surface area contributed by atoms with Gasteiger partial charge in [-0.2, -0.15) is 10.2 Å². The van der Waals surface area contributed by atoms with Crippen LogP contribution in [-0.2, 0) is 13.1 Å². The van der Waals surface area contributed by atoms with Crippen LogP contribution in [0.15, 0.2) is 82.6 Å². The first-order valence-electron chi connectivity index (χ1n) is 15.9. The first-order chi connectivity index (χ1) is 22.5. The van der Waals surface area contributed by atoms with Gasteiger partial charge in [0.2, 0.25) is 0 Å². The summed E-state index contributed by atoms with van der Waals surface area (Å²) >= 11 is 0. The van der Waals surface area contributed by atoms with Gasteiger partial charge in [-0.25, -0.2) is 19.3 Å². The molecule has 0 spiro atoms. The van der Waals surface area contributed by atoms with Gasteiger partial charge in [0.05, 0.1) is 23.8 Å². The average molecular weight is 619 g/mol. The van der Waals surface area contributed by atoms with Crippen LogP contribution in [0.4, 0.5) is 0 Å². The van der Waals surface area contributed by atoms with E-state index < -0.39 is 0 Å². The molecule has 6 aromatic rings. The second-order valence-corrected chi connectivity index (χ2v) is 11.9. The second-order valence-electron chi connectivity index (χ2n) is 11.9. The average Bonchev–Trinajstić information content (AvgIpc) is 3.70. The van der Waals surface area contributed by atoms with Gasteiger partial charge >= 0.3 is 0 Å². The molecule has 0 unspecified atom stereocenters. The molecule has 0 atom stereocenters. The Morgan fingerprint density at radius 3 is 1.35 bits per heavy atom. The van der Waals surface area contributed by atoms with E-state index in [1.807, 2.05) is 74.5 Å². The largest absolute Gasteiger partial charge is 0.301 e. The minimum Gasteiger partial charge on any atom is -0.301 e. The summed E-state index contributed by atoms with van der Waals surface area (Å²) in [6, 6.07) is 19.5. The molecule has 1 fully saturated rings. The topological polar surface area (TPSA) is 112 Å². The van der Waals surface area contributed by atoms with Crippen molar-refractivity contribution in [1.29, 1.82) is 0 Å².